The van der Waals surface area contributed by atoms with Gasteiger partial charge in [-0.3, -0.25) is 4.99 Å². The SMILES string of the molecule is CN=C(NCc1ccc(OCCOC)cc1)NCc1ccc(F)cc1C(F)(F)F. The molecule has 9 heteroatoms. The van der Waals surface area contributed by atoms with E-state index in [1.807, 2.05) is 24.3 Å². The third-order valence-corrected chi connectivity index (χ3v) is 3.99. The molecule has 29 heavy (non-hydrogen) atoms. The molecule has 158 valence electrons. The van der Waals surface area contributed by atoms with E-state index >= 15 is 0 Å². The van der Waals surface area contributed by atoms with Gasteiger partial charge in [-0.1, -0.05) is 18.2 Å². The Morgan fingerprint density at radius 3 is 2.31 bits per heavy atom. The van der Waals surface area contributed by atoms with Crippen molar-refractivity contribution in [3.8, 4) is 5.75 Å². The lowest BCUT2D eigenvalue weighted by Gasteiger charge is -2.16. The van der Waals surface area contributed by atoms with E-state index in [-0.39, 0.29) is 12.1 Å². The number of benzene rings is 2. The van der Waals surface area contributed by atoms with Crippen LogP contribution in [-0.4, -0.2) is 33.3 Å². The largest absolute Gasteiger partial charge is 0.491 e. The number of methoxy groups -OCH3 is 1. The first-order valence-corrected chi connectivity index (χ1v) is 8.84. The number of halogens is 4. The number of alkyl halides is 3. The number of hydrogen-bond donors (Lipinski definition) is 2. The van der Waals surface area contributed by atoms with Gasteiger partial charge in [-0.15, -0.1) is 0 Å². The molecule has 0 amide bonds. The lowest BCUT2D eigenvalue weighted by Crippen LogP contribution is -2.36. The summed E-state index contributed by atoms with van der Waals surface area (Å²) in [6.07, 6.45) is -4.64. The number of nitrogens with one attached hydrogen (secondary N) is 2. The fourth-order valence-corrected chi connectivity index (χ4v) is 2.50. The van der Waals surface area contributed by atoms with Crippen LogP contribution in [0, 0.1) is 5.82 Å². The van der Waals surface area contributed by atoms with Crippen LogP contribution in [0.25, 0.3) is 0 Å². The minimum Gasteiger partial charge on any atom is -0.491 e. The van der Waals surface area contributed by atoms with E-state index in [4.69, 9.17) is 9.47 Å². The monoisotopic (exact) mass is 413 g/mol. The van der Waals surface area contributed by atoms with E-state index in [1.165, 1.54) is 7.05 Å². The molecule has 0 atom stereocenters. The first-order chi connectivity index (χ1) is 13.8. The maximum atomic E-state index is 13.2. The fourth-order valence-electron chi connectivity index (χ4n) is 2.50. The van der Waals surface area contributed by atoms with Crippen molar-refractivity contribution in [2.24, 2.45) is 4.99 Å². The predicted octanol–water partition coefficient (Wildman–Crippen LogP) is 3.73. The van der Waals surface area contributed by atoms with Crippen LogP contribution >= 0.6 is 0 Å². The van der Waals surface area contributed by atoms with Gasteiger partial charge < -0.3 is 20.1 Å². The van der Waals surface area contributed by atoms with E-state index in [0.717, 1.165) is 17.7 Å². The maximum Gasteiger partial charge on any atom is 0.416 e. The maximum absolute atomic E-state index is 13.2. The minimum absolute atomic E-state index is 0.0700. The zero-order valence-electron chi connectivity index (χ0n) is 16.1. The molecule has 0 heterocycles. The van der Waals surface area contributed by atoms with Crippen molar-refractivity contribution in [1.82, 2.24) is 10.6 Å². The summed E-state index contributed by atoms with van der Waals surface area (Å²) in [4.78, 5) is 4.00. The quantitative estimate of drug-likeness (QED) is 0.300. The van der Waals surface area contributed by atoms with Crippen molar-refractivity contribution in [3.05, 3.63) is 65.0 Å². The molecule has 5 nitrogen and oxygen atoms in total. The molecule has 0 fully saturated rings. The molecule has 2 aromatic rings. The predicted molar refractivity (Wildman–Crippen MR) is 102 cm³/mol. The van der Waals surface area contributed by atoms with Crippen LogP contribution in [0.15, 0.2) is 47.5 Å². The normalized spacial score (nSPS) is 12.0. The molecule has 0 saturated heterocycles. The topological polar surface area (TPSA) is 54.9 Å². The Balaban J connectivity index is 1.90. The lowest BCUT2D eigenvalue weighted by molar-refractivity contribution is -0.138. The number of guanidine groups is 1. The van der Waals surface area contributed by atoms with Gasteiger partial charge in [0.05, 0.1) is 12.2 Å². The van der Waals surface area contributed by atoms with Gasteiger partial charge in [0.2, 0.25) is 0 Å². The summed E-state index contributed by atoms with van der Waals surface area (Å²) in [7, 11) is 3.11. The standard InChI is InChI=1S/C20H23F4N3O2/c1-25-19(26-12-14-3-7-17(8-4-14)29-10-9-28-2)27-13-15-5-6-16(21)11-18(15)20(22,23)24/h3-8,11H,9-10,12-13H2,1-2H3,(H2,25,26,27). The van der Waals surface area contributed by atoms with Crippen LogP contribution < -0.4 is 15.4 Å². The number of rotatable bonds is 8. The Hall–Kier alpha value is -2.81. The van der Waals surface area contributed by atoms with Crippen molar-refractivity contribution in [3.63, 3.8) is 0 Å². The van der Waals surface area contributed by atoms with E-state index in [9.17, 15) is 17.6 Å². The molecular formula is C20H23F4N3O2. The fraction of sp³-hybridized carbons (Fsp3) is 0.350. The van der Waals surface area contributed by atoms with Gasteiger partial charge in [-0.25, -0.2) is 4.39 Å². The average molecular weight is 413 g/mol. The molecule has 0 radical (unpaired) electrons. The van der Waals surface area contributed by atoms with Crippen LogP contribution in [0.1, 0.15) is 16.7 Å². The summed E-state index contributed by atoms with van der Waals surface area (Å²) in [5, 5.41) is 5.83. The van der Waals surface area contributed by atoms with Crippen molar-refractivity contribution < 1.29 is 27.0 Å². The van der Waals surface area contributed by atoms with Crippen molar-refractivity contribution in [2.75, 3.05) is 27.4 Å². The first-order valence-electron chi connectivity index (χ1n) is 8.84. The first kappa shape index (κ1) is 22.5. The third-order valence-electron chi connectivity index (χ3n) is 3.99. The lowest BCUT2D eigenvalue weighted by atomic mass is 10.1. The highest BCUT2D eigenvalue weighted by Gasteiger charge is 2.33. The van der Waals surface area contributed by atoms with E-state index in [1.54, 1.807) is 7.11 Å². The summed E-state index contributed by atoms with van der Waals surface area (Å²) in [5.41, 5.74) is -0.145. The summed E-state index contributed by atoms with van der Waals surface area (Å²) < 4.78 is 62.8. The van der Waals surface area contributed by atoms with Gasteiger partial charge in [0.25, 0.3) is 0 Å². The highest BCUT2D eigenvalue weighted by Crippen LogP contribution is 2.32. The third kappa shape index (κ3) is 7.26. The molecule has 0 aliphatic carbocycles. The van der Waals surface area contributed by atoms with Gasteiger partial charge in [-0.05, 0) is 35.4 Å². The van der Waals surface area contributed by atoms with Crippen LogP contribution in [-0.2, 0) is 24.0 Å². The Labute approximate surface area is 166 Å². The van der Waals surface area contributed by atoms with Crippen LogP contribution in [0.4, 0.5) is 17.6 Å². The molecule has 2 aromatic carbocycles. The Bertz CT molecular complexity index is 808. The zero-order valence-corrected chi connectivity index (χ0v) is 16.1. The van der Waals surface area contributed by atoms with Crippen LogP contribution in [0.5, 0.6) is 5.75 Å². The number of aliphatic imine (C=N–C) groups is 1. The second kappa shape index (κ2) is 10.7. The molecule has 0 aromatic heterocycles. The highest BCUT2D eigenvalue weighted by atomic mass is 19.4. The molecule has 2 N–H and O–H groups in total. The zero-order chi connectivity index (χ0) is 21.3. The average Bonchev–Trinajstić information content (AvgIpc) is 2.69. The molecule has 2 rings (SSSR count). The summed E-state index contributed by atoms with van der Waals surface area (Å²) in [6.45, 7) is 1.21. The molecule has 0 unspecified atom stereocenters. The second-order valence-corrected chi connectivity index (χ2v) is 6.06. The highest BCUT2D eigenvalue weighted by molar-refractivity contribution is 5.79. The van der Waals surface area contributed by atoms with Crippen LogP contribution in [0.2, 0.25) is 0 Å². The smallest absolute Gasteiger partial charge is 0.416 e. The molecule has 0 bridgehead atoms. The minimum atomic E-state index is -4.64. The molecule has 0 saturated carbocycles. The Morgan fingerprint density at radius 2 is 1.69 bits per heavy atom. The van der Waals surface area contributed by atoms with Gasteiger partial charge >= 0.3 is 6.18 Å². The van der Waals surface area contributed by atoms with Crippen molar-refractivity contribution in [1.29, 1.82) is 0 Å². The molecule has 0 spiro atoms. The van der Waals surface area contributed by atoms with Gasteiger partial charge in [0, 0.05) is 27.2 Å². The number of hydrogen-bond acceptors (Lipinski definition) is 3. The molecule has 0 aliphatic rings. The van der Waals surface area contributed by atoms with Gasteiger partial charge in [0.1, 0.15) is 18.2 Å². The van der Waals surface area contributed by atoms with Crippen molar-refractivity contribution in [2.45, 2.75) is 19.3 Å². The summed E-state index contributed by atoms with van der Waals surface area (Å²) >= 11 is 0. The molecular weight excluding hydrogens is 390 g/mol. The van der Waals surface area contributed by atoms with Crippen LogP contribution in [0.3, 0.4) is 0 Å². The number of ether oxygens (including phenoxy) is 2. The van der Waals surface area contributed by atoms with E-state index in [2.05, 4.69) is 15.6 Å². The van der Waals surface area contributed by atoms with Gasteiger partial charge in [0.15, 0.2) is 5.96 Å². The Kier molecular flexibility index (Phi) is 8.26. The molecule has 0 aliphatic heterocycles. The number of nitrogens with zero attached hydrogens (tertiary/aromatic N) is 1. The second-order valence-electron chi connectivity index (χ2n) is 6.06. The summed E-state index contributed by atoms with van der Waals surface area (Å²) in [6, 6.07) is 9.96. The van der Waals surface area contributed by atoms with Gasteiger partial charge in [-0.2, -0.15) is 13.2 Å². The Morgan fingerprint density at radius 1 is 1.00 bits per heavy atom. The van der Waals surface area contributed by atoms with E-state index in [0.29, 0.717) is 37.5 Å². The van der Waals surface area contributed by atoms with Crippen molar-refractivity contribution >= 4 is 5.96 Å². The van der Waals surface area contributed by atoms with E-state index < -0.39 is 17.6 Å². The summed E-state index contributed by atoms with van der Waals surface area (Å²) in [5.74, 6) is 0.102.